The van der Waals surface area contributed by atoms with Crippen LogP contribution in [0.3, 0.4) is 0 Å². The van der Waals surface area contributed by atoms with Crippen LogP contribution in [0.5, 0.6) is 0 Å². The van der Waals surface area contributed by atoms with Crippen molar-refractivity contribution in [2.24, 2.45) is 0 Å². The first kappa shape index (κ1) is 25.9. The number of imide groups is 1. The first-order valence-electron chi connectivity index (χ1n) is 11.8. The molecule has 0 saturated carbocycles. The molecule has 0 radical (unpaired) electrons. The third kappa shape index (κ3) is 5.81. The Bertz CT molecular complexity index is 1390. The SMILES string of the molecule is C=C[C@@H]1C[C@@H](/C=C/c2ccccc2)N(C(=O)OCc2ccccc2)C(=O)N1S(=O)(=O)c1ccc(C)cc1. The highest BCUT2D eigenvalue weighted by Crippen LogP contribution is 2.31. The van der Waals surface area contributed by atoms with Crippen LogP contribution >= 0.6 is 0 Å². The fraction of sp³-hybridized carbons (Fsp3) is 0.172. The Morgan fingerprint density at radius 1 is 0.973 bits per heavy atom. The molecule has 4 rings (SSSR count). The summed E-state index contributed by atoms with van der Waals surface area (Å²) >= 11 is 0. The van der Waals surface area contributed by atoms with Gasteiger partial charge in [0.1, 0.15) is 6.61 Å². The maximum atomic E-state index is 13.7. The maximum Gasteiger partial charge on any atom is 0.418 e. The number of amides is 3. The molecule has 1 aliphatic rings. The topological polar surface area (TPSA) is 84.0 Å². The molecule has 190 valence electrons. The Morgan fingerprint density at radius 3 is 2.22 bits per heavy atom. The summed E-state index contributed by atoms with van der Waals surface area (Å²) in [6.07, 6.45) is 4.12. The van der Waals surface area contributed by atoms with E-state index < -0.39 is 34.2 Å². The van der Waals surface area contributed by atoms with E-state index in [-0.39, 0.29) is 17.9 Å². The molecule has 1 heterocycles. The molecule has 7 nitrogen and oxygen atoms in total. The van der Waals surface area contributed by atoms with Crippen molar-refractivity contribution in [3.05, 3.63) is 120 Å². The quantitative estimate of drug-likeness (QED) is 0.372. The zero-order valence-corrected chi connectivity index (χ0v) is 21.3. The molecule has 8 heteroatoms. The summed E-state index contributed by atoms with van der Waals surface area (Å²) in [5.41, 5.74) is 2.49. The molecule has 37 heavy (non-hydrogen) atoms. The van der Waals surface area contributed by atoms with Gasteiger partial charge >= 0.3 is 12.1 Å². The van der Waals surface area contributed by atoms with E-state index in [1.54, 1.807) is 36.4 Å². The molecular weight excluding hydrogens is 488 g/mol. The summed E-state index contributed by atoms with van der Waals surface area (Å²) in [7, 11) is -4.27. The smallest absolute Gasteiger partial charge is 0.418 e. The van der Waals surface area contributed by atoms with E-state index in [9.17, 15) is 18.0 Å². The van der Waals surface area contributed by atoms with Crippen molar-refractivity contribution in [3.8, 4) is 0 Å². The average molecular weight is 517 g/mol. The third-order valence-electron chi connectivity index (χ3n) is 6.07. The van der Waals surface area contributed by atoms with Gasteiger partial charge in [-0.05, 0) is 36.6 Å². The molecule has 0 N–H and O–H groups in total. The first-order chi connectivity index (χ1) is 17.8. The molecule has 0 unspecified atom stereocenters. The van der Waals surface area contributed by atoms with Crippen LogP contribution in [0.15, 0.2) is 109 Å². The second kappa shape index (κ2) is 11.3. The second-order valence-corrected chi connectivity index (χ2v) is 10.5. The molecule has 2 atom stereocenters. The number of carbonyl (C=O) groups excluding carboxylic acids is 2. The van der Waals surface area contributed by atoms with E-state index in [0.717, 1.165) is 25.9 Å². The van der Waals surface area contributed by atoms with E-state index in [1.807, 2.05) is 55.5 Å². The first-order valence-corrected chi connectivity index (χ1v) is 13.3. The molecule has 3 aromatic rings. The Hall–Kier alpha value is -4.17. The number of sulfonamides is 1. The molecule has 0 aromatic heterocycles. The largest absolute Gasteiger partial charge is 0.444 e. The number of benzene rings is 3. The summed E-state index contributed by atoms with van der Waals surface area (Å²) in [6.45, 7) is 5.55. The highest BCUT2D eigenvalue weighted by molar-refractivity contribution is 7.89. The number of urea groups is 1. The molecule has 0 spiro atoms. The second-order valence-electron chi connectivity index (χ2n) is 8.68. The van der Waals surface area contributed by atoms with E-state index in [1.165, 1.54) is 18.2 Å². The van der Waals surface area contributed by atoms with Crippen molar-refractivity contribution >= 4 is 28.2 Å². The molecule has 1 aliphatic heterocycles. The van der Waals surface area contributed by atoms with Crippen LogP contribution in [0.2, 0.25) is 0 Å². The van der Waals surface area contributed by atoms with Gasteiger partial charge in [-0.2, -0.15) is 0 Å². The van der Waals surface area contributed by atoms with Crippen LogP contribution < -0.4 is 0 Å². The molecule has 0 aliphatic carbocycles. The van der Waals surface area contributed by atoms with Crippen molar-refractivity contribution in [2.45, 2.75) is 36.9 Å². The summed E-state index contributed by atoms with van der Waals surface area (Å²) in [5, 5.41) is 0. The van der Waals surface area contributed by atoms with Crippen molar-refractivity contribution in [3.63, 3.8) is 0 Å². The number of hydrogen-bond donors (Lipinski definition) is 0. The van der Waals surface area contributed by atoms with Crippen LogP contribution in [0.4, 0.5) is 9.59 Å². The molecule has 3 amide bonds. The Labute approximate surface area is 217 Å². The summed E-state index contributed by atoms with van der Waals surface area (Å²) in [5.74, 6) is 0. The number of nitrogens with zero attached hydrogens (tertiary/aromatic N) is 2. The maximum absolute atomic E-state index is 13.7. The standard InChI is InChI=1S/C29H28N2O5S/c1-3-25-20-26(17-16-23-10-6-4-7-11-23)30(29(33)36-21-24-12-8-5-9-13-24)28(32)31(25)37(34,35)27-18-14-22(2)15-19-27/h3-19,25-26H,1,20-21H2,2H3/b17-16+/t25-,26-/m1/s1. The van der Waals surface area contributed by atoms with Gasteiger partial charge in [0.15, 0.2) is 0 Å². The number of carbonyl (C=O) groups is 2. The van der Waals surface area contributed by atoms with Crippen LogP contribution in [0.25, 0.3) is 6.08 Å². The highest BCUT2D eigenvalue weighted by Gasteiger charge is 2.47. The fourth-order valence-electron chi connectivity index (χ4n) is 4.09. The van der Waals surface area contributed by atoms with Crippen LogP contribution in [-0.2, 0) is 21.4 Å². The summed E-state index contributed by atoms with van der Waals surface area (Å²) in [4.78, 5) is 27.8. The predicted molar refractivity (Wildman–Crippen MR) is 142 cm³/mol. The predicted octanol–water partition coefficient (Wildman–Crippen LogP) is 5.78. The molecule has 3 aromatic carbocycles. The van der Waals surface area contributed by atoms with Gasteiger partial charge in [0.2, 0.25) is 0 Å². The normalized spacial score (nSPS) is 18.1. The minimum atomic E-state index is -4.27. The van der Waals surface area contributed by atoms with Gasteiger partial charge < -0.3 is 4.74 Å². The van der Waals surface area contributed by atoms with Crippen molar-refractivity contribution in [1.82, 2.24) is 9.21 Å². The van der Waals surface area contributed by atoms with Gasteiger partial charge in [0.05, 0.1) is 17.0 Å². The van der Waals surface area contributed by atoms with Crippen LogP contribution in [0, 0.1) is 6.92 Å². The minimum absolute atomic E-state index is 0.0471. The number of aryl methyl sites for hydroxylation is 1. The van der Waals surface area contributed by atoms with Crippen molar-refractivity contribution in [1.29, 1.82) is 0 Å². The molecular formula is C29H28N2O5S. The highest BCUT2D eigenvalue weighted by atomic mass is 32.2. The van der Waals surface area contributed by atoms with Gasteiger partial charge in [0, 0.05) is 0 Å². The fourth-order valence-corrected chi connectivity index (χ4v) is 5.62. The van der Waals surface area contributed by atoms with Gasteiger partial charge in [-0.25, -0.2) is 27.2 Å². The lowest BCUT2D eigenvalue weighted by atomic mass is 10.0. The summed E-state index contributed by atoms with van der Waals surface area (Å²) in [6, 6.07) is 22.1. The summed E-state index contributed by atoms with van der Waals surface area (Å²) < 4.78 is 33.3. The van der Waals surface area contributed by atoms with E-state index in [0.29, 0.717) is 0 Å². The lowest BCUT2D eigenvalue weighted by Gasteiger charge is -2.41. The molecule has 1 fully saturated rings. The van der Waals surface area contributed by atoms with E-state index >= 15 is 0 Å². The van der Waals surface area contributed by atoms with Gasteiger partial charge in [-0.1, -0.05) is 96.6 Å². The Kier molecular flexibility index (Phi) is 7.89. The van der Waals surface area contributed by atoms with Gasteiger partial charge in [0.25, 0.3) is 10.0 Å². The Morgan fingerprint density at radius 2 is 1.59 bits per heavy atom. The van der Waals surface area contributed by atoms with Crippen molar-refractivity contribution < 1.29 is 22.7 Å². The van der Waals surface area contributed by atoms with Gasteiger partial charge in [-0.15, -0.1) is 6.58 Å². The zero-order chi connectivity index (χ0) is 26.4. The lowest BCUT2D eigenvalue weighted by Crippen LogP contribution is -2.61. The molecule has 0 bridgehead atoms. The van der Waals surface area contributed by atoms with E-state index in [4.69, 9.17) is 4.74 Å². The van der Waals surface area contributed by atoms with Crippen molar-refractivity contribution in [2.75, 3.05) is 0 Å². The molecule has 1 saturated heterocycles. The van der Waals surface area contributed by atoms with E-state index in [2.05, 4.69) is 6.58 Å². The number of rotatable bonds is 7. The number of hydrogen-bond acceptors (Lipinski definition) is 5. The van der Waals surface area contributed by atoms with Crippen LogP contribution in [0.1, 0.15) is 23.1 Å². The lowest BCUT2D eigenvalue weighted by molar-refractivity contribution is 0.0775. The average Bonchev–Trinajstić information content (AvgIpc) is 2.91. The number of ether oxygens (including phenoxy) is 1. The minimum Gasteiger partial charge on any atom is -0.444 e. The van der Waals surface area contributed by atoms with Crippen LogP contribution in [-0.4, -0.2) is 41.8 Å². The zero-order valence-electron chi connectivity index (χ0n) is 20.4. The monoisotopic (exact) mass is 516 g/mol. The Balaban J connectivity index is 1.69. The van der Waals surface area contributed by atoms with Gasteiger partial charge in [-0.3, -0.25) is 0 Å². The third-order valence-corrected chi connectivity index (χ3v) is 7.89.